The van der Waals surface area contributed by atoms with Crippen LogP contribution >= 0.6 is 0 Å². The third-order valence-electron chi connectivity index (χ3n) is 1.57. The summed E-state index contributed by atoms with van der Waals surface area (Å²) in [5.41, 5.74) is 5.60. The summed E-state index contributed by atoms with van der Waals surface area (Å²) in [6, 6.07) is 0. The topological polar surface area (TPSA) is 35.2 Å². The Kier molecular flexibility index (Phi) is 0.869. The highest BCUT2D eigenvalue weighted by Gasteiger charge is 2.36. The van der Waals surface area contributed by atoms with E-state index in [4.69, 9.17) is 10.5 Å². The molecule has 0 aromatic carbocycles. The molecule has 1 heterocycles. The lowest BCUT2D eigenvalue weighted by atomic mass is 9.93. The Hall–Kier alpha value is -0.0800. The van der Waals surface area contributed by atoms with Crippen LogP contribution in [-0.2, 0) is 4.74 Å². The van der Waals surface area contributed by atoms with Crippen LogP contribution in [0.15, 0.2) is 0 Å². The van der Waals surface area contributed by atoms with E-state index in [-0.39, 0.29) is 11.6 Å². The van der Waals surface area contributed by atoms with Crippen LogP contribution in [0, 0.1) is 0 Å². The third kappa shape index (κ3) is 0.640. The van der Waals surface area contributed by atoms with E-state index in [2.05, 4.69) is 0 Å². The average molecular weight is 101 g/mol. The van der Waals surface area contributed by atoms with Crippen LogP contribution in [0.1, 0.15) is 13.8 Å². The Balaban J connectivity index is 2.43. The Morgan fingerprint density at radius 1 is 1.86 bits per heavy atom. The van der Waals surface area contributed by atoms with Crippen LogP contribution in [0.25, 0.3) is 0 Å². The minimum absolute atomic E-state index is 0.0417. The molecule has 0 aromatic rings. The van der Waals surface area contributed by atoms with Gasteiger partial charge in [0.1, 0.15) is 0 Å². The summed E-state index contributed by atoms with van der Waals surface area (Å²) in [7, 11) is 0. The van der Waals surface area contributed by atoms with Gasteiger partial charge in [0.15, 0.2) is 0 Å². The molecule has 0 saturated carbocycles. The number of rotatable bonds is 0. The maximum atomic E-state index is 5.64. The number of ether oxygens (including phenoxy) is 1. The van der Waals surface area contributed by atoms with Crippen molar-refractivity contribution in [3.8, 4) is 0 Å². The van der Waals surface area contributed by atoms with Crippen LogP contribution in [-0.4, -0.2) is 18.2 Å². The van der Waals surface area contributed by atoms with Crippen molar-refractivity contribution >= 4 is 0 Å². The van der Waals surface area contributed by atoms with Gasteiger partial charge in [0.2, 0.25) is 0 Å². The molecule has 0 radical (unpaired) electrons. The molecule has 2 heteroatoms. The minimum atomic E-state index is -0.0417. The molecule has 0 bridgehead atoms. The molecule has 1 aliphatic rings. The van der Waals surface area contributed by atoms with Gasteiger partial charge in [-0.1, -0.05) is 0 Å². The summed E-state index contributed by atoms with van der Waals surface area (Å²) in [6.45, 7) is 4.71. The van der Waals surface area contributed by atoms with E-state index in [1.54, 1.807) is 0 Å². The van der Waals surface area contributed by atoms with Crippen molar-refractivity contribution < 1.29 is 4.74 Å². The molecule has 2 nitrogen and oxygen atoms in total. The zero-order valence-electron chi connectivity index (χ0n) is 4.77. The fraction of sp³-hybridized carbons (Fsp3) is 1.00. The first-order chi connectivity index (χ1) is 3.13. The van der Waals surface area contributed by atoms with Gasteiger partial charge in [0.05, 0.1) is 18.2 Å². The molecule has 2 unspecified atom stereocenters. The smallest absolute Gasteiger partial charge is 0.0747 e. The molecule has 7 heavy (non-hydrogen) atoms. The van der Waals surface area contributed by atoms with Gasteiger partial charge in [-0.3, -0.25) is 0 Å². The predicted octanol–water partition coefficient (Wildman–Crippen LogP) is 0.122. The Bertz CT molecular complexity index is 80.1. The summed E-state index contributed by atoms with van der Waals surface area (Å²) in [5.74, 6) is 0. The van der Waals surface area contributed by atoms with E-state index in [1.807, 2.05) is 13.8 Å². The standard InChI is InChI=1S/C5H11NO/c1-4-5(2,6)3-7-4/h4H,3,6H2,1-2H3. The highest BCUT2D eigenvalue weighted by Crippen LogP contribution is 2.20. The molecule has 1 saturated heterocycles. The fourth-order valence-electron chi connectivity index (χ4n) is 0.513. The van der Waals surface area contributed by atoms with E-state index >= 15 is 0 Å². The van der Waals surface area contributed by atoms with Gasteiger partial charge in [-0.25, -0.2) is 0 Å². The van der Waals surface area contributed by atoms with Gasteiger partial charge in [-0.05, 0) is 13.8 Å². The molecule has 2 atom stereocenters. The summed E-state index contributed by atoms with van der Waals surface area (Å²) >= 11 is 0. The SMILES string of the molecule is CC1OCC1(C)N. The molecular formula is C5H11NO. The van der Waals surface area contributed by atoms with Crippen molar-refractivity contribution in [1.82, 2.24) is 0 Å². The maximum Gasteiger partial charge on any atom is 0.0747 e. The van der Waals surface area contributed by atoms with Crippen LogP contribution in [0.3, 0.4) is 0 Å². The van der Waals surface area contributed by atoms with E-state index in [9.17, 15) is 0 Å². The zero-order chi connectivity index (χ0) is 5.49. The number of hydrogen-bond acceptors (Lipinski definition) is 2. The quantitative estimate of drug-likeness (QED) is 0.470. The van der Waals surface area contributed by atoms with Gasteiger partial charge < -0.3 is 10.5 Å². The first-order valence-corrected chi connectivity index (χ1v) is 2.53. The van der Waals surface area contributed by atoms with Gasteiger partial charge >= 0.3 is 0 Å². The molecule has 0 aromatic heterocycles. The molecule has 1 rings (SSSR count). The predicted molar refractivity (Wildman–Crippen MR) is 28.0 cm³/mol. The summed E-state index contributed by atoms with van der Waals surface area (Å²) in [6.07, 6.45) is 0.257. The zero-order valence-corrected chi connectivity index (χ0v) is 4.77. The monoisotopic (exact) mass is 101 g/mol. The van der Waals surface area contributed by atoms with Crippen molar-refractivity contribution in [3.63, 3.8) is 0 Å². The lowest BCUT2D eigenvalue weighted by molar-refractivity contribution is -0.112. The largest absolute Gasteiger partial charge is 0.375 e. The van der Waals surface area contributed by atoms with E-state index < -0.39 is 0 Å². The Labute approximate surface area is 43.6 Å². The van der Waals surface area contributed by atoms with Crippen molar-refractivity contribution in [2.75, 3.05) is 6.61 Å². The summed E-state index contributed by atoms with van der Waals surface area (Å²) < 4.78 is 5.02. The van der Waals surface area contributed by atoms with E-state index in [1.165, 1.54) is 0 Å². The third-order valence-corrected chi connectivity index (χ3v) is 1.57. The van der Waals surface area contributed by atoms with Crippen LogP contribution in [0.4, 0.5) is 0 Å². The van der Waals surface area contributed by atoms with E-state index in [0.717, 1.165) is 0 Å². The normalized spacial score (nSPS) is 51.0. The second-order valence-electron chi connectivity index (χ2n) is 2.46. The first kappa shape index (κ1) is 5.06. The van der Waals surface area contributed by atoms with Crippen LogP contribution in [0.5, 0.6) is 0 Å². The molecule has 0 aliphatic carbocycles. The summed E-state index contributed by atoms with van der Waals surface area (Å²) in [4.78, 5) is 0. The maximum absolute atomic E-state index is 5.64. The van der Waals surface area contributed by atoms with Gasteiger partial charge in [-0.2, -0.15) is 0 Å². The molecule has 42 valence electrons. The van der Waals surface area contributed by atoms with E-state index in [0.29, 0.717) is 6.61 Å². The molecule has 2 N–H and O–H groups in total. The number of hydrogen-bond donors (Lipinski definition) is 1. The van der Waals surface area contributed by atoms with Crippen molar-refractivity contribution in [2.24, 2.45) is 5.73 Å². The Morgan fingerprint density at radius 3 is 2.29 bits per heavy atom. The molecular weight excluding hydrogens is 90.1 g/mol. The van der Waals surface area contributed by atoms with Crippen molar-refractivity contribution in [2.45, 2.75) is 25.5 Å². The molecule has 1 fully saturated rings. The van der Waals surface area contributed by atoms with Gasteiger partial charge in [-0.15, -0.1) is 0 Å². The van der Waals surface area contributed by atoms with Crippen molar-refractivity contribution in [3.05, 3.63) is 0 Å². The lowest BCUT2D eigenvalue weighted by Gasteiger charge is -2.41. The fourth-order valence-corrected chi connectivity index (χ4v) is 0.513. The molecule has 0 spiro atoms. The lowest BCUT2D eigenvalue weighted by Crippen LogP contribution is -2.61. The number of nitrogens with two attached hydrogens (primary N) is 1. The molecule has 0 amide bonds. The van der Waals surface area contributed by atoms with Gasteiger partial charge in [0, 0.05) is 0 Å². The van der Waals surface area contributed by atoms with Crippen molar-refractivity contribution in [1.29, 1.82) is 0 Å². The van der Waals surface area contributed by atoms with Crippen LogP contribution in [0.2, 0.25) is 0 Å². The second kappa shape index (κ2) is 1.20. The van der Waals surface area contributed by atoms with Gasteiger partial charge in [0.25, 0.3) is 0 Å². The Morgan fingerprint density at radius 2 is 2.29 bits per heavy atom. The van der Waals surface area contributed by atoms with Crippen LogP contribution < -0.4 is 5.73 Å². The minimum Gasteiger partial charge on any atom is -0.375 e. The second-order valence-corrected chi connectivity index (χ2v) is 2.46. The highest BCUT2D eigenvalue weighted by atomic mass is 16.5. The highest BCUT2D eigenvalue weighted by molar-refractivity contribution is 4.92. The average Bonchev–Trinajstić information content (AvgIpc) is 1.63. The summed E-state index contributed by atoms with van der Waals surface area (Å²) in [5, 5.41) is 0. The first-order valence-electron chi connectivity index (χ1n) is 2.53. The molecule has 1 aliphatic heterocycles.